The van der Waals surface area contributed by atoms with E-state index in [-0.39, 0.29) is 0 Å². The third kappa shape index (κ3) is 2.45. The van der Waals surface area contributed by atoms with Crippen molar-refractivity contribution < 1.29 is 5.11 Å². The Hall–Kier alpha value is -1.06. The van der Waals surface area contributed by atoms with Crippen LogP contribution in [0.15, 0.2) is 18.2 Å². The zero-order chi connectivity index (χ0) is 14.3. The van der Waals surface area contributed by atoms with Gasteiger partial charge in [-0.05, 0) is 63.4 Å². The van der Waals surface area contributed by atoms with E-state index in [9.17, 15) is 5.11 Å². The van der Waals surface area contributed by atoms with Gasteiger partial charge in [0.2, 0.25) is 0 Å². The molecule has 3 rings (SSSR count). The Bertz CT molecular complexity index is 476. The van der Waals surface area contributed by atoms with Gasteiger partial charge in [-0.3, -0.25) is 9.80 Å². The molecule has 3 heteroatoms. The minimum absolute atomic E-state index is 0.408. The maximum absolute atomic E-state index is 9.82. The summed E-state index contributed by atoms with van der Waals surface area (Å²) in [7, 11) is 2.23. The number of nitrogens with zero attached hydrogens (tertiary/aromatic N) is 2. The molecule has 0 spiro atoms. The number of rotatable bonds is 1. The molecule has 0 bridgehead atoms. The second-order valence-electron chi connectivity index (χ2n) is 6.61. The van der Waals surface area contributed by atoms with Crippen LogP contribution < -0.4 is 0 Å². The Labute approximate surface area is 122 Å². The van der Waals surface area contributed by atoms with Crippen LogP contribution in [0, 0.1) is 0 Å². The maximum Gasteiger partial charge on any atom is 0.115 e. The largest absolute Gasteiger partial charge is 0.508 e. The third-order valence-electron chi connectivity index (χ3n) is 5.24. The fourth-order valence-electron chi connectivity index (χ4n) is 3.84. The van der Waals surface area contributed by atoms with Gasteiger partial charge in [-0.25, -0.2) is 0 Å². The van der Waals surface area contributed by atoms with Crippen molar-refractivity contribution in [1.82, 2.24) is 9.80 Å². The second-order valence-corrected chi connectivity index (χ2v) is 6.61. The van der Waals surface area contributed by atoms with Crippen molar-refractivity contribution in [3.05, 3.63) is 29.3 Å². The van der Waals surface area contributed by atoms with Crippen LogP contribution >= 0.6 is 0 Å². The molecule has 1 aromatic rings. The number of hydrogen-bond donors (Lipinski definition) is 1. The topological polar surface area (TPSA) is 26.7 Å². The van der Waals surface area contributed by atoms with Gasteiger partial charge < -0.3 is 5.11 Å². The van der Waals surface area contributed by atoms with Gasteiger partial charge in [0.1, 0.15) is 5.75 Å². The first kappa shape index (κ1) is 13.9. The molecule has 3 atom stereocenters. The van der Waals surface area contributed by atoms with Crippen LogP contribution in [-0.2, 0) is 6.42 Å². The number of likely N-dealkylation sites (N-methyl/N-ethyl adjacent to an activating group) is 1. The summed E-state index contributed by atoms with van der Waals surface area (Å²) in [5.74, 6) is 0.408. The van der Waals surface area contributed by atoms with E-state index >= 15 is 0 Å². The molecule has 3 unspecified atom stereocenters. The molecular formula is C17H26N2O. The van der Waals surface area contributed by atoms with Gasteiger partial charge in [0, 0.05) is 31.2 Å². The van der Waals surface area contributed by atoms with E-state index in [0.29, 0.717) is 23.9 Å². The molecule has 1 aliphatic heterocycles. The van der Waals surface area contributed by atoms with Gasteiger partial charge in [-0.2, -0.15) is 0 Å². The van der Waals surface area contributed by atoms with E-state index in [4.69, 9.17) is 0 Å². The lowest BCUT2D eigenvalue weighted by atomic mass is 9.85. The molecule has 1 saturated heterocycles. The van der Waals surface area contributed by atoms with Crippen LogP contribution in [0.2, 0.25) is 0 Å². The number of piperazine rings is 1. The van der Waals surface area contributed by atoms with E-state index in [0.717, 1.165) is 19.5 Å². The van der Waals surface area contributed by atoms with Gasteiger partial charge in [-0.1, -0.05) is 6.07 Å². The van der Waals surface area contributed by atoms with Crippen LogP contribution in [0.5, 0.6) is 5.75 Å². The first-order valence-electron chi connectivity index (χ1n) is 7.84. The van der Waals surface area contributed by atoms with Crippen molar-refractivity contribution in [1.29, 1.82) is 0 Å². The summed E-state index contributed by atoms with van der Waals surface area (Å²) in [5, 5.41) is 9.82. The number of aromatic hydroxyl groups is 1. The summed E-state index contributed by atoms with van der Waals surface area (Å²) in [5.41, 5.74) is 2.79. The molecular weight excluding hydrogens is 248 g/mol. The molecule has 0 amide bonds. The highest BCUT2D eigenvalue weighted by Crippen LogP contribution is 2.37. The van der Waals surface area contributed by atoms with Crippen LogP contribution in [0.1, 0.15) is 43.9 Å². The summed E-state index contributed by atoms with van der Waals surface area (Å²) in [6, 6.07) is 7.62. The molecule has 3 nitrogen and oxygen atoms in total. The average Bonchev–Trinajstić information content (AvgIpc) is 2.43. The number of hydrogen-bond acceptors (Lipinski definition) is 3. The van der Waals surface area contributed by atoms with Crippen molar-refractivity contribution in [2.75, 3.05) is 20.1 Å². The smallest absolute Gasteiger partial charge is 0.115 e. The lowest BCUT2D eigenvalue weighted by molar-refractivity contribution is 0.0283. The van der Waals surface area contributed by atoms with Crippen molar-refractivity contribution >= 4 is 0 Å². The van der Waals surface area contributed by atoms with Gasteiger partial charge >= 0.3 is 0 Å². The van der Waals surface area contributed by atoms with Gasteiger partial charge in [0.25, 0.3) is 0 Å². The molecule has 1 fully saturated rings. The summed E-state index contributed by atoms with van der Waals surface area (Å²) >= 11 is 0. The van der Waals surface area contributed by atoms with Gasteiger partial charge in [0.05, 0.1) is 0 Å². The number of phenols is 1. The summed E-state index contributed by atoms with van der Waals surface area (Å²) in [6.07, 6.45) is 3.64. The SMILES string of the molecule is CC1CN(C2CCCc3ccc(O)cc32)CC(C)N1C. The number of aryl methyl sites for hydroxylation is 1. The van der Waals surface area contributed by atoms with Gasteiger partial charge in [0.15, 0.2) is 0 Å². The van der Waals surface area contributed by atoms with E-state index in [1.54, 1.807) is 0 Å². The number of fused-ring (bicyclic) bond motifs is 1. The minimum Gasteiger partial charge on any atom is -0.508 e. The van der Waals surface area contributed by atoms with Crippen LogP contribution in [-0.4, -0.2) is 47.1 Å². The molecule has 0 saturated carbocycles. The lowest BCUT2D eigenvalue weighted by Gasteiger charge is -2.47. The highest BCUT2D eigenvalue weighted by atomic mass is 16.3. The van der Waals surface area contributed by atoms with Crippen molar-refractivity contribution in [2.24, 2.45) is 0 Å². The monoisotopic (exact) mass is 274 g/mol. The Morgan fingerprint density at radius 1 is 1.15 bits per heavy atom. The molecule has 110 valence electrons. The summed E-state index contributed by atoms with van der Waals surface area (Å²) < 4.78 is 0. The maximum atomic E-state index is 9.82. The standard InChI is InChI=1S/C17H26N2O/c1-12-10-19(11-13(2)18(12)3)17-6-4-5-14-7-8-15(20)9-16(14)17/h7-9,12-13,17,20H,4-6,10-11H2,1-3H3. The van der Waals surface area contributed by atoms with E-state index < -0.39 is 0 Å². The fourth-order valence-corrected chi connectivity index (χ4v) is 3.84. The molecule has 0 aromatic heterocycles. The number of benzene rings is 1. The fraction of sp³-hybridized carbons (Fsp3) is 0.647. The van der Waals surface area contributed by atoms with Crippen LogP contribution in [0.25, 0.3) is 0 Å². The van der Waals surface area contributed by atoms with E-state index in [2.05, 4.69) is 36.8 Å². The lowest BCUT2D eigenvalue weighted by Crippen LogP contribution is -2.55. The van der Waals surface area contributed by atoms with Crippen LogP contribution in [0.3, 0.4) is 0 Å². The molecule has 20 heavy (non-hydrogen) atoms. The minimum atomic E-state index is 0.408. The number of phenolic OH excluding ortho intramolecular Hbond substituents is 1. The van der Waals surface area contributed by atoms with Gasteiger partial charge in [-0.15, -0.1) is 0 Å². The molecule has 1 aromatic carbocycles. The molecule has 1 aliphatic carbocycles. The first-order chi connectivity index (χ1) is 9.56. The Kier molecular flexibility index (Phi) is 3.74. The van der Waals surface area contributed by atoms with E-state index in [1.807, 2.05) is 12.1 Å². The summed E-state index contributed by atoms with van der Waals surface area (Å²) in [4.78, 5) is 5.11. The summed E-state index contributed by atoms with van der Waals surface area (Å²) in [6.45, 7) is 6.88. The van der Waals surface area contributed by atoms with Crippen molar-refractivity contribution in [2.45, 2.75) is 51.2 Å². The Balaban J connectivity index is 1.87. The molecule has 0 radical (unpaired) electrons. The second kappa shape index (κ2) is 5.38. The Morgan fingerprint density at radius 2 is 1.85 bits per heavy atom. The highest BCUT2D eigenvalue weighted by molar-refractivity contribution is 5.38. The van der Waals surface area contributed by atoms with Crippen LogP contribution in [0.4, 0.5) is 0 Å². The predicted molar refractivity (Wildman–Crippen MR) is 82.0 cm³/mol. The van der Waals surface area contributed by atoms with Crippen molar-refractivity contribution in [3.8, 4) is 5.75 Å². The highest BCUT2D eigenvalue weighted by Gasteiger charge is 2.33. The quantitative estimate of drug-likeness (QED) is 0.853. The predicted octanol–water partition coefficient (Wildman–Crippen LogP) is 2.79. The third-order valence-corrected chi connectivity index (χ3v) is 5.24. The van der Waals surface area contributed by atoms with Crippen molar-refractivity contribution in [3.63, 3.8) is 0 Å². The van der Waals surface area contributed by atoms with E-state index in [1.165, 1.54) is 24.0 Å². The zero-order valence-electron chi connectivity index (χ0n) is 12.8. The molecule has 1 heterocycles. The zero-order valence-corrected chi connectivity index (χ0v) is 12.8. The normalized spacial score (nSPS) is 32.0. The first-order valence-corrected chi connectivity index (χ1v) is 7.84. The Morgan fingerprint density at radius 3 is 2.55 bits per heavy atom. The molecule has 1 N–H and O–H groups in total. The molecule has 2 aliphatic rings. The average molecular weight is 274 g/mol.